The van der Waals surface area contributed by atoms with Crippen LogP contribution in [0.25, 0.3) is 11.3 Å². The average Bonchev–Trinajstić information content (AvgIpc) is 3.54. The van der Waals surface area contributed by atoms with Crippen LogP contribution >= 0.6 is 0 Å². The first kappa shape index (κ1) is 31.2. The number of alkyl halides is 3. The Kier molecular flexibility index (Phi) is 8.72. The molecule has 3 heterocycles. The molecule has 1 spiro atoms. The van der Waals surface area contributed by atoms with E-state index in [4.69, 9.17) is 9.47 Å². The molecule has 43 heavy (non-hydrogen) atoms. The molecule has 2 aliphatic carbocycles. The van der Waals surface area contributed by atoms with Gasteiger partial charge in [0, 0.05) is 42.2 Å². The van der Waals surface area contributed by atoms with E-state index in [0.29, 0.717) is 25.9 Å². The number of aromatic nitrogens is 3. The Hall–Kier alpha value is -3.26. The summed E-state index contributed by atoms with van der Waals surface area (Å²) in [5.74, 6) is -1.18. The van der Waals surface area contributed by atoms with Gasteiger partial charge in [0.1, 0.15) is 5.69 Å². The molecule has 3 fully saturated rings. The van der Waals surface area contributed by atoms with Gasteiger partial charge in [-0.05, 0) is 71.5 Å². The number of hydrogen-bond acceptors (Lipinski definition) is 7. The van der Waals surface area contributed by atoms with Crippen LogP contribution in [-0.4, -0.2) is 101 Å². The van der Waals surface area contributed by atoms with Crippen molar-refractivity contribution in [2.75, 3.05) is 40.9 Å². The fraction of sp³-hybridized carbons (Fsp3) is 0.655. The predicted molar refractivity (Wildman–Crippen MR) is 148 cm³/mol. The number of carbonyl (C=O) groups excluding carboxylic acids is 2. The zero-order valence-electron chi connectivity index (χ0n) is 24.6. The highest BCUT2D eigenvalue weighted by Gasteiger charge is 2.58. The van der Waals surface area contributed by atoms with E-state index in [-0.39, 0.29) is 78.9 Å². The van der Waals surface area contributed by atoms with E-state index in [2.05, 4.69) is 20.5 Å². The maximum absolute atomic E-state index is 14.4. The zero-order valence-corrected chi connectivity index (χ0v) is 24.6. The van der Waals surface area contributed by atoms with Crippen LogP contribution in [0, 0.1) is 11.7 Å². The molecule has 2 N–H and O–H groups in total. The molecule has 3 aliphatic rings. The molecule has 2 aromatic rings. The van der Waals surface area contributed by atoms with Gasteiger partial charge in [-0.25, -0.2) is 9.37 Å². The predicted octanol–water partition coefficient (Wildman–Crippen LogP) is 3.94. The first-order valence-corrected chi connectivity index (χ1v) is 14.6. The molecule has 236 valence electrons. The van der Waals surface area contributed by atoms with Gasteiger partial charge in [0.25, 0.3) is 5.91 Å². The van der Waals surface area contributed by atoms with Crippen molar-refractivity contribution in [1.82, 2.24) is 30.3 Å². The van der Waals surface area contributed by atoms with Gasteiger partial charge < -0.3 is 24.6 Å². The van der Waals surface area contributed by atoms with Crippen molar-refractivity contribution in [2.24, 2.45) is 5.92 Å². The molecule has 2 aromatic heterocycles. The number of likely N-dealkylation sites (tertiary alicyclic amines) is 1. The van der Waals surface area contributed by atoms with E-state index >= 15 is 0 Å². The van der Waals surface area contributed by atoms with Crippen molar-refractivity contribution in [3.8, 4) is 17.1 Å². The zero-order chi connectivity index (χ0) is 31.0. The van der Waals surface area contributed by atoms with Crippen molar-refractivity contribution < 1.29 is 36.6 Å². The summed E-state index contributed by atoms with van der Waals surface area (Å²) in [5, 5.41) is 9.83. The topological polar surface area (TPSA) is 113 Å². The fourth-order valence-corrected chi connectivity index (χ4v) is 6.27. The standard InChI is InChI=1S/C29H38F4N6O4/c1-38(2)12-13-43-28(29(31,32)33)7-4-19(5-8-28)35-25(40)18-6-11-39(27(16-18)9-10-27)26(41)23-15-22(36-37-23)20-14-24(42-3)34-17-21(20)30/h14-15,17-19H,4-13,16H2,1-3H3,(H,35,40)(H,36,37)/t18-,19?,28?/m1/s1. The van der Waals surface area contributed by atoms with E-state index in [9.17, 15) is 27.2 Å². The summed E-state index contributed by atoms with van der Waals surface area (Å²) in [4.78, 5) is 34.1. The minimum Gasteiger partial charge on any atom is -0.481 e. The van der Waals surface area contributed by atoms with E-state index in [1.807, 2.05) is 0 Å². The number of rotatable bonds is 9. The summed E-state index contributed by atoms with van der Waals surface area (Å²) < 4.78 is 66.8. The Labute approximate surface area is 247 Å². The number of piperidine rings is 1. The largest absolute Gasteiger partial charge is 0.481 e. The van der Waals surface area contributed by atoms with E-state index < -0.39 is 23.1 Å². The summed E-state index contributed by atoms with van der Waals surface area (Å²) in [5.41, 5.74) is -2.04. The number of nitrogens with one attached hydrogen (secondary N) is 2. The number of aromatic amines is 1. The number of pyridine rings is 1. The number of likely N-dealkylation sites (N-methyl/N-ethyl adjacent to an activating group) is 1. The summed E-state index contributed by atoms with van der Waals surface area (Å²) >= 11 is 0. The molecule has 5 rings (SSSR count). The van der Waals surface area contributed by atoms with Gasteiger partial charge in [-0.15, -0.1) is 0 Å². The first-order valence-electron chi connectivity index (χ1n) is 14.6. The second-order valence-electron chi connectivity index (χ2n) is 12.2. The third kappa shape index (κ3) is 6.49. The number of methoxy groups -OCH3 is 1. The van der Waals surface area contributed by atoms with E-state index in [1.54, 1.807) is 23.9 Å². The van der Waals surface area contributed by atoms with Crippen LogP contribution in [0.5, 0.6) is 5.88 Å². The van der Waals surface area contributed by atoms with Gasteiger partial charge in [-0.2, -0.15) is 18.3 Å². The monoisotopic (exact) mass is 610 g/mol. The van der Waals surface area contributed by atoms with Crippen LogP contribution < -0.4 is 10.1 Å². The third-order valence-electron chi connectivity index (χ3n) is 9.04. The van der Waals surface area contributed by atoms with Gasteiger partial charge in [-0.1, -0.05) is 0 Å². The van der Waals surface area contributed by atoms with Crippen LogP contribution in [0.2, 0.25) is 0 Å². The highest BCUT2D eigenvalue weighted by molar-refractivity contribution is 5.94. The third-order valence-corrected chi connectivity index (χ3v) is 9.04. The second-order valence-corrected chi connectivity index (χ2v) is 12.2. The average molecular weight is 611 g/mol. The molecular weight excluding hydrogens is 572 g/mol. The SMILES string of the molecule is COc1cc(-c2cc(C(=O)N3CC[C@@H](C(=O)NC4CCC(OCCN(C)C)(C(F)(F)F)CC4)CC34CC4)[nH]n2)c(F)cn1. The minimum atomic E-state index is -4.49. The number of carbonyl (C=O) groups is 2. The second kappa shape index (κ2) is 12.0. The lowest BCUT2D eigenvalue weighted by Gasteiger charge is -2.42. The molecule has 0 unspecified atom stereocenters. The summed E-state index contributed by atoms with van der Waals surface area (Å²) in [7, 11) is 4.97. The molecule has 1 aliphatic heterocycles. The highest BCUT2D eigenvalue weighted by atomic mass is 19.4. The Morgan fingerprint density at radius 1 is 1.16 bits per heavy atom. The smallest absolute Gasteiger partial charge is 0.417 e. The number of halogens is 4. The van der Waals surface area contributed by atoms with E-state index in [1.165, 1.54) is 19.2 Å². The highest BCUT2D eigenvalue weighted by Crippen LogP contribution is 2.51. The molecule has 0 radical (unpaired) electrons. The van der Waals surface area contributed by atoms with Crippen molar-refractivity contribution in [2.45, 2.75) is 74.7 Å². The van der Waals surface area contributed by atoms with Crippen molar-refractivity contribution in [3.63, 3.8) is 0 Å². The Bertz CT molecular complexity index is 1320. The van der Waals surface area contributed by atoms with Gasteiger partial charge in [0.2, 0.25) is 11.8 Å². The molecule has 2 amide bonds. The van der Waals surface area contributed by atoms with Crippen LogP contribution in [0.3, 0.4) is 0 Å². The molecule has 14 heteroatoms. The van der Waals surface area contributed by atoms with Crippen LogP contribution in [0.1, 0.15) is 61.9 Å². The number of hydrogen-bond donors (Lipinski definition) is 2. The number of amides is 2. The molecule has 1 atom stereocenters. The first-order chi connectivity index (χ1) is 20.4. The number of nitrogens with zero attached hydrogens (tertiary/aromatic N) is 4. The quantitative estimate of drug-likeness (QED) is 0.414. The van der Waals surface area contributed by atoms with Crippen LogP contribution in [0.15, 0.2) is 18.3 Å². The molecule has 0 bridgehead atoms. The minimum absolute atomic E-state index is 0.0157. The van der Waals surface area contributed by atoms with Crippen molar-refractivity contribution in [3.05, 3.63) is 29.8 Å². The lowest BCUT2D eigenvalue weighted by molar-refractivity contribution is -0.289. The lowest BCUT2D eigenvalue weighted by Crippen LogP contribution is -2.55. The van der Waals surface area contributed by atoms with Crippen LogP contribution in [-0.2, 0) is 9.53 Å². The maximum atomic E-state index is 14.4. The maximum Gasteiger partial charge on any atom is 0.417 e. The van der Waals surface area contributed by atoms with E-state index in [0.717, 1.165) is 19.0 Å². The van der Waals surface area contributed by atoms with Crippen molar-refractivity contribution >= 4 is 11.8 Å². The Balaban J connectivity index is 1.17. The summed E-state index contributed by atoms with van der Waals surface area (Å²) in [6, 6.07) is 2.54. The van der Waals surface area contributed by atoms with Gasteiger partial charge in [0.05, 0.1) is 25.6 Å². The molecule has 0 aromatic carbocycles. The number of H-pyrrole nitrogens is 1. The lowest BCUT2D eigenvalue weighted by atomic mass is 9.80. The summed E-state index contributed by atoms with van der Waals surface area (Å²) in [6.07, 6.45) is -1.08. The van der Waals surface area contributed by atoms with Gasteiger partial charge in [0.15, 0.2) is 11.4 Å². The molecule has 10 nitrogen and oxygen atoms in total. The number of ether oxygens (including phenoxy) is 2. The van der Waals surface area contributed by atoms with Gasteiger partial charge >= 0.3 is 6.18 Å². The normalized spacial score (nSPS) is 25.2. The molecule has 2 saturated carbocycles. The van der Waals surface area contributed by atoms with Crippen molar-refractivity contribution in [1.29, 1.82) is 0 Å². The molecule has 1 saturated heterocycles. The van der Waals surface area contributed by atoms with Gasteiger partial charge in [-0.3, -0.25) is 14.7 Å². The molecular formula is C29H38F4N6O4. The fourth-order valence-electron chi connectivity index (χ4n) is 6.27. The Morgan fingerprint density at radius 3 is 2.51 bits per heavy atom. The van der Waals surface area contributed by atoms with Crippen LogP contribution in [0.4, 0.5) is 17.6 Å². The summed E-state index contributed by atoms with van der Waals surface area (Å²) in [6.45, 7) is 0.726. The Morgan fingerprint density at radius 2 is 1.88 bits per heavy atom.